The molecule has 7 heteroatoms. The van der Waals surface area contributed by atoms with Crippen molar-refractivity contribution in [2.24, 2.45) is 0 Å². The molecular formula is C13H17BO6. The van der Waals surface area contributed by atoms with E-state index in [9.17, 15) is 0 Å². The molecule has 1 heterocycles. The van der Waals surface area contributed by atoms with Crippen molar-refractivity contribution in [2.75, 3.05) is 6.61 Å². The highest BCUT2D eigenvalue weighted by atomic mass is 16.7. The minimum Gasteiger partial charge on any atom is -0.484 e. The van der Waals surface area contributed by atoms with Gasteiger partial charge in [-0.25, -0.2) is 0 Å². The molecule has 6 nitrogen and oxygen atoms in total. The van der Waals surface area contributed by atoms with E-state index in [1.807, 2.05) is 13.8 Å². The Morgan fingerprint density at radius 3 is 2.80 bits per heavy atom. The van der Waals surface area contributed by atoms with Crippen molar-refractivity contribution in [1.82, 2.24) is 0 Å². The molecule has 2 rings (SSSR count). The van der Waals surface area contributed by atoms with Crippen LogP contribution in [0.5, 0.6) is 11.7 Å². The normalized spacial score (nSPS) is 12.4. The van der Waals surface area contributed by atoms with E-state index in [4.69, 9.17) is 23.9 Å². The third kappa shape index (κ3) is 3.90. The molecule has 0 bridgehead atoms. The molecule has 1 atom stereocenters. The minimum atomic E-state index is -1.91. The van der Waals surface area contributed by atoms with Gasteiger partial charge in [0.1, 0.15) is 11.3 Å². The summed E-state index contributed by atoms with van der Waals surface area (Å²) in [7, 11) is -1.91. The van der Waals surface area contributed by atoms with Gasteiger partial charge in [0.15, 0.2) is 6.29 Å². The summed E-state index contributed by atoms with van der Waals surface area (Å²) in [5.74, 6) is 0.633. The number of furan rings is 1. The zero-order valence-corrected chi connectivity index (χ0v) is 11.4. The Kier molecular flexibility index (Phi) is 4.89. The summed E-state index contributed by atoms with van der Waals surface area (Å²) in [6.07, 6.45) is 0.576. The molecule has 0 saturated heterocycles. The van der Waals surface area contributed by atoms with Crippen molar-refractivity contribution >= 4 is 18.3 Å². The summed E-state index contributed by atoms with van der Waals surface area (Å²) in [6.45, 7) is 4.48. The Hall–Kier alpha value is -1.70. The van der Waals surface area contributed by atoms with Crippen LogP contribution in [-0.2, 0) is 4.74 Å². The zero-order valence-electron chi connectivity index (χ0n) is 11.4. The average molecular weight is 280 g/mol. The molecule has 0 aliphatic rings. The highest BCUT2D eigenvalue weighted by molar-refractivity contribution is 6.33. The van der Waals surface area contributed by atoms with Crippen molar-refractivity contribution in [3.8, 4) is 11.7 Å². The van der Waals surface area contributed by atoms with Crippen molar-refractivity contribution < 1.29 is 28.6 Å². The quantitative estimate of drug-likeness (QED) is 0.595. The number of benzene rings is 1. The maximum atomic E-state index is 8.72. The van der Waals surface area contributed by atoms with Crippen LogP contribution in [0.1, 0.15) is 20.3 Å². The van der Waals surface area contributed by atoms with Crippen LogP contribution in [0, 0.1) is 0 Å². The van der Waals surface area contributed by atoms with Gasteiger partial charge in [-0.15, -0.1) is 0 Å². The lowest BCUT2D eigenvalue weighted by Crippen LogP contribution is -2.20. The maximum absolute atomic E-state index is 8.72. The number of fused-ring (bicyclic) bond motifs is 1. The Morgan fingerprint density at radius 2 is 2.10 bits per heavy atom. The van der Waals surface area contributed by atoms with Crippen LogP contribution in [-0.4, -0.2) is 30.3 Å². The predicted octanol–water partition coefficient (Wildman–Crippen LogP) is 1.93. The van der Waals surface area contributed by atoms with E-state index in [1.54, 1.807) is 24.3 Å². The van der Waals surface area contributed by atoms with Gasteiger partial charge in [0.2, 0.25) is 0 Å². The molecule has 0 aliphatic carbocycles. The van der Waals surface area contributed by atoms with Gasteiger partial charge < -0.3 is 28.6 Å². The molecule has 0 spiro atoms. The Balaban J connectivity index is 2.08. The largest absolute Gasteiger partial charge is 0.709 e. The highest BCUT2D eigenvalue weighted by Gasteiger charge is 2.15. The van der Waals surface area contributed by atoms with Crippen LogP contribution in [0.25, 0.3) is 11.0 Å². The molecule has 0 fully saturated rings. The first-order valence-corrected chi connectivity index (χ1v) is 6.43. The van der Waals surface area contributed by atoms with Crippen LogP contribution in [0.4, 0.5) is 0 Å². The first-order valence-electron chi connectivity index (χ1n) is 6.43. The van der Waals surface area contributed by atoms with E-state index in [2.05, 4.69) is 4.65 Å². The molecule has 20 heavy (non-hydrogen) atoms. The van der Waals surface area contributed by atoms with Gasteiger partial charge >= 0.3 is 7.32 Å². The molecule has 0 radical (unpaired) electrons. The smallest absolute Gasteiger partial charge is 0.484 e. The van der Waals surface area contributed by atoms with Gasteiger partial charge in [-0.3, -0.25) is 0 Å². The summed E-state index contributed by atoms with van der Waals surface area (Å²) in [4.78, 5) is 0. The van der Waals surface area contributed by atoms with Gasteiger partial charge in [-0.05, 0) is 25.5 Å². The van der Waals surface area contributed by atoms with E-state index in [-0.39, 0.29) is 12.2 Å². The van der Waals surface area contributed by atoms with Crippen LogP contribution in [0.3, 0.4) is 0 Å². The molecule has 0 saturated carbocycles. The molecule has 0 aliphatic heterocycles. The zero-order chi connectivity index (χ0) is 14.5. The van der Waals surface area contributed by atoms with Crippen molar-refractivity contribution in [3.63, 3.8) is 0 Å². The monoisotopic (exact) mass is 280 g/mol. The third-order valence-electron chi connectivity index (χ3n) is 2.55. The summed E-state index contributed by atoms with van der Waals surface area (Å²) in [5, 5.41) is 18.2. The standard InChI is InChI=1S/C13H17BO6/c1-3-6-17-9(2)18-11-5-4-10-7-13(20-14(15)16)19-12(10)8-11/h4-5,7-9,15-16H,3,6H2,1-2H3. The number of ether oxygens (including phenoxy) is 2. The van der Waals surface area contributed by atoms with Gasteiger partial charge in [0, 0.05) is 17.5 Å². The summed E-state index contributed by atoms with van der Waals surface area (Å²) in [5.41, 5.74) is 0.529. The van der Waals surface area contributed by atoms with E-state index in [0.717, 1.165) is 11.8 Å². The molecule has 1 unspecified atom stereocenters. The third-order valence-corrected chi connectivity index (χ3v) is 2.55. The molecule has 1 aromatic heterocycles. The van der Waals surface area contributed by atoms with Crippen LogP contribution in [0.2, 0.25) is 0 Å². The molecular weight excluding hydrogens is 263 g/mol. The van der Waals surface area contributed by atoms with E-state index < -0.39 is 7.32 Å². The molecule has 2 aromatic rings. The van der Waals surface area contributed by atoms with Gasteiger partial charge in [0.25, 0.3) is 5.95 Å². The van der Waals surface area contributed by atoms with Crippen molar-refractivity contribution in [2.45, 2.75) is 26.6 Å². The second-order valence-corrected chi connectivity index (χ2v) is 4.27. The van der Waals surface area contributed by atoms with Crippen LogP contribution >= 0.6 is 0 Å². The number of rotatable bonds is 7. The first-order chi connectivity index (χ1) is 9.58. The Morgan fingerprint density at radius 1 is 1.30 bits per heavy atom. The number of hydrogen-bond donors (Lipinski definition) is 2. The van der Waals surface area contributed by atoms with Crippen molar-refractivity contribution in [1.29, 1.82) is 0 Å². The molecule has 108 valence electrons. The summed E-state index contributed by atoms with van der Waals surface area (Å²) >= 11 is 0. The fraction of sp³-hybridized carbons (Fsp3) is 0.385. The molecule has 0 amide bonds. The Labute approximate surface area is 117 Å². The highest BCUT2D eigenvalue weighted by Crippen LogP contribution is 2.28. The topological polar surface area (TPSA) is 81.3 Å². The van der Waals surface area contributed by atoms with Gasteiger partial charge in [-0.1, -0.05) is 6.92 Å². The van der Waals surface area contributed by atoms with Crippen molar-refractivity contribution in [3.05, 3.63) is 24.3 Å². The van der Waals surface area contributed by atoms with Crippen LogP contribution < -0.4 is 9.39 Å². The minimum absolute atomic E-state index is 0.0300. The second kappa shape index (κ2) is 6.65. The van der Waals surface area contributed by atoms with E-state index in [0.29, 0.717) is 17.9 Å². The van der Waals surface area contributed by atoms with Gasteiger partial charge in [-0.2, -0.15) is 0 Å². The molecule has 1 aromatic carbocycles. The number of hydrogen-bond acceptors (Lipinski definition) is 6. The summed E-state index contributed by atoms with van der Waals surface area (Å²) in [6, 6.07) is 6.83. The lowest BCUT2D eigenvalue weighted by molar-refractivity contribution is -0.0662. The predicted molar refractivity (Wildman–Crippen MR) is 73.4 cm³/mol. The Bertz CT molecular complexity index is 553. The fourth-order valence-corrected chi connectivity index (χ4v) is 1.73. The SMILES string of the molecule is CCCOC(C)Oc1ccc2cc(OB(O)O)oc2c1. The summed E-state index contributed by atoms with van der Waals surface area (Å²) < 4.78 is 21.0. The first kappa shape index (κ1) is 14.7. The lowest BCUT2D eigenvalue weighted by atomic mass is 10.2. The van der Waals surface area contributed by atoms with Crippen LogP contribution in [0.15, 0.2) is 28.7 Å². The molecule has 2 N–H and O–H groups in total. The maximum Gasteiger partial charge on any atom is 0.709 e. The average Bonchev–Trinajstić information content (AvgIpc) is 2.76. The fourth-order valence-electron chi connectivity index (χ4n) is 1.73. The van der Waals surface area contributed by atoms with E-state index in [1.165, 1.54) is 0 Å². The van der Waals surface area contributed by atoms with Gasteiger partial charge in [0.05, 0.1) is 6.61 Å². The second-order valence-electron chi connectivity index (χ2n) is 4.27. The lowest BCUT2D eigenvalue weighted by Gasteiger charge is -2.14. The van der Waals surface area contributed by atoms with E-state index >= 15 is 0 Å².